The third kappa shape index (κ3) is 2.31. The molecule has 3 N–H and O–H groups in total. The van der Waals surface area contributed by atoms with E-state index >= 15 is 0 Å². The molecule has 6 nitrogen and oxygen atoms in total. The van der Waals surface area contributed by atoms with Crippen LogP contribution in [-0.2, 0) is 0 Å². The number of hydrogen-bond acceptors (Lipinski definition) is 5. The highest BCUT2D eigenvalue weighted by Gasteiger charge is 1.95. The molecule has 0 bridgehead atoms. The average Bonchev–Trinajstić information content (AvgIpc) is 2.91. The summed E-state index contributed by atoms with van der Waals surface area (Å²) >= 11 is 0. The minimum absolute atomic E-state index is 0.250. The summed E-state index contributed by atoms with van der Waals surface area (Å²) in [5, 5.41) is 0. The molecule has 15 heavy (non-hydrogen) atoms. The number of hydrogen-bond donors (Lipinski definition) is 2. The van der Waals surface area contributed by atoms with E-state index in [1.54, 1.807) is 25.1 Å². The van der Waals surface area contributed by atoms with Crippen LogP contribution in [0.3, 0.4) is 0 Å². The maximum atomic E-state index is 5.31. The van der Waals surface area contributed by atoms with E-state index in [2.05, 4.69) is 24.4 Å². The summed E-state index contributed by atoms with van der Waals surface area (Å²) in [6, 6.07) is 3.67. The Labute approximate surface area is 85.2 Å². The number of nitrogens with two attached hydrogens (primary N) is 1. The summed E-state index contributed by atoms with van der Waals surface area (Å²) in [6.45, 7) is 0. The molecular weight excluding hydrogens is 194 g/mol. The van der Waals surface area contributed by atoms with E-state index in [0.717, 1.165) is 5.52 Å². The van der Waals surface area contributed by atoms with Crippen LogP contribution in [0, 0.1) is 0 Å². The first-order valence-electron chi connectivity index (χ1n) is 4.25. The molecule has 3 rings (SSSR count). The summed E-state index contributed by atoms with van der Waals surface area (Å²) in [6.07, 6.45) is 6.41. The number of nitrogens with one attached hydrogen (secondary N) is 1. The van der Waals surface area contributed by atoms with Crippen LogP contribution in [0.15, 0.2) is 41.6 Å². The van der Waals surface area contributed by atoms with Gasteiger partial charge in [0, 0.05) is 0 Å². The van der Waals surface area contributed by atoms with Crippen molar-refractivity contribution in [2.24, 2.45) is 0 Å². The van der Waals surface area contributed by atoms with Crippen LogP contribution >= 0.6 is 0 Å². The van der Waals surface area contributed by atoms with Gasteiger partial charge in [0.2, 0.25) is 5.95 Å². The largest absolute Gasteiger partial charge is 0.473 e. The minimum Gasteiger partial charge on any atom is -0.473 e. The lowest BCUT2D eigenvalue weighted by molar-refractivity contribution is 0.567. The van der Waals surface area contributed by atoms with Crippen molar-refractivity contribution < 1.29 is 4.42 Å². The standard InChI is InChI=1S/C5H5N5.C4H4O/c6-5-7-1-3-4(10-5)9-2-8-3;1-2-4-5-3-1/h1-2H,(H3,6,7,8,9,10);1-4H. The van der Waals surface area contributed by atoms with Crippen LogP contribution < -0.4 is 5.73 Å². The lowest BCUT2D eigenvalue weighted by Crippen LogP contribution is -1.93. The van der Waals surface area contributed by atoms with Crippen molar-refractivity contribution in [3.8, 4) is 0 Å². The molecule has 0 aliphatic carbocycles. The predicted octanol–water partition coefficient (Wildman–Crippen LogP) is 1.21. The van der Waals surface area contributed by atoms with Gasteiger partial charge in [-0.1, -0.05) is 0 Å². The summed E-state index contributed by atoms with van der Waals surface area (Å²) in [5.41, 5.74) is 6.71. The van der Waals surface area contributed by atoms with Gasteiger partial charge in [0.15, 0.2) is 5.65 Å². The molecule has 76 valence electrons. The molecule has 0 saturated carbocycles. The second kappa shape index (κ2) is 4.23. The van der Waals surface area contributed by atoms with Gasteiger partial charge in [0.05, 0.1) is 25.1 Å². The van der Waals surface area contributed by atoms with E-state index in [-0.39, 0.29) is 5.95 Å². The van der Waals surface area contributed by atoms with Gasteiger partial charge in [-0.3, -0.25) is 0 Å². The number of imidazole rings is 1. The van der Waals surface area contributed by atoms with Gasteiger partial charge in [0.1, 0.15) is 5.52 Å². The molecule has 0 fully saturated rings. The van der Waals surface area contributed by atoms with E-state index in [9.17, 15) is 0 Å². The normalized spacial score (nSPS) is 9.60. The van der Waals surface area contributed by atoms with E-state index in [1.165, 1.54) is 0 Å². The Hall–Kier alpha value is -2.37. The van der Waals surface area contributed by atoms with Crippen LogP contribution in [0.5, 0.6) is 0 Å². The Balaban J connectivity index is 0.000000144. The van der Waals surface area contributed by atoms with E-state index < -0.39 is 0 Å². The van der Waals surface area contributed by atoms with Gasteiger partial charge in [0.25, 0.3) is 0 Å². The number of H-pyrrole nitrogens is 1. The van der Waals surface area contributed by atoms with E-state index in [1.807, 2.05) is 12.1 Å². The molecule has 0 radical (unpaired) electrons. The number of rotatable bonds is 0. The molecule has 0 atom stereocenters. The summed E-state index contributed by atoms with van der Waals surface area (Å²) in [4.78, 5) is 14.4. The van der Waals surface area contributed by atoms with E-state index in [4.69, 9.17) is 5.73 Å². The average molecular weight is 203 g/mol. The Morgan fingerprint density at radius 1 is 1.20 bits per heavy atom. The first-order valence-corrected chi connectivity index (χ1v) is 4.25. The number of anilines is 1. The van der Waals surface area contributed by atoms with Gasteiger partial charge >= 0.3 is 0 Å². The Morgan fingerprint density at radius 2 is 2.00 bits per heavy atom. The monoisotopic (exact) mass is 203 g/mol. The van der Waals surface area contributed by atoms with Crippen molar-refractivity contribution in [3.63, 3.8) is 0 Å². The van der Waals surface area contributed by atoms with Crippen molar-refractivity contribution in [3.05, 3.63) is 37.2 Å². The van der Waals surface area contributed by atoms with Crippen molar-refractivity contribution in [1.82, 2.24) is 19.9 Å². The molecule has 0 aliphatic heterocycles. The van der Waals surface area contributed by atoms with Crippen LogP contribution in [0.2, 0.25) is 0 Å². The fraction of sp³-hybridized carbons (Fsp3) is 0. The summed E-state index contributed by atoms with van der Waals surface area (Å²) < 4.78 is 4.58. The van der Waals surface area contributed by atoms with Gasteiger partial charge < -0.3 is 15.1 Å². The number of aromatic amines is 1. The first kappa shape index (κ1) is 9.20. The molecular formula is C9H9N5O. The van der Waals surface area contributed by atoms with Crippen molar-refractivity contribution in [1.29, 1.82) is 0 Å². The maximum absolute atomic E-state index is 5.31. The molecule has 3 heterocycles. The Kier molecular flexibility index (Phi) is 2.59. The predicted molar refractivity (Wildman–Crippen MR) is 54.8 cm³/mol. The molecule has 0 aromatic carbocycles. The zero-order valence-electron chi connectivity index (χ0n) is 7.79. The first-order chi connectivity index (χ1) is 7.36. The van der Waals surface area contributed by atoms with Crippen molar-refractivity contribution in [2.75, 3.05) is 5.73 Å². The van der Waals surface area contributed by atoms with Gasteiger partial charge in [-0.15, -0.1) is 0 Å². The highest BCUT2D eigenvalue weighted by atomic mass is 16.3. The summed E-state index contributed by atoms with van der Waals surface area (Å²) in [7, 11) is 0. The number of fused-ring (bicyclic) bond motifs is 1. The minimum atomic E-state index is 0.250. The van der Waals surface area contributed by atoms with Crippen molar-refractivity contribution >= 4 is 17.1 Å². The Morgan fingerprint density at radius 3 is 2.67 bits per heavy atom. The SMILES string of the molecule is Nc1ncc2[nH]cnc2n1.c1ccoc1. The quantitative estimate of drug-likeness (QED) is 0.572. The third-order valence-corrected chi connectivity index (χ3v) is 1.62. The summed E-state index contributed by atoms with van der Waals surface area (Å²) in [5.74, 6) is 0.250. The number of nitrogens with zero attached hydrogens (tertiary/aromatic N) is 3. The third-order valence-electron chi connectivity index (χ3n) is 1.62. The number of aromatic nitrogens is 4. The van der Waals surface area contributed by atoms with Gasteiger partial charge in [-0.05, 0) is 12.1 Å². The molecule has 0 saturated heterocycles. The number of nitrogen functional groups attached to an aromatic ring is 1. The molecule has 3 aromatic rings. The van der Waals surface area contributed by atoms with Crippen LogP contribution in [-0.4, -0.2) is 19.9 Å². The molecule has 0 spiro atoms. The molecule has 6 heteroatoms. The highest BCUT2D eigenvalue weighted by molar-refractivity contribution is 5.69. The topological polar surface area (TPSA) is 93.6 Å². The van der Waals surface area contributed by atoms with Crippen LogP contribution in [0.4, 0.5) is 5.95 Å². The maximum Gasteiger partial charge on any atom is 0.222 e. The fourth-order valence-corrected chi connectivity index (χ4v) is 0.976. The number of furan rings is 1. The molecule has 0 aliphatic rings. The highest BCUT2D eigenvalue weighted by Crippen LogP contribution is 2.03. The molecule has 0 amide bonds. The van der Waals surface area contributed by atoms with Crippen LogP contribution in [0.25, 0.3) is 11.2 Å². The van der Waals surface area contributed by atoms with Gasteiger partial charge in [-0.25, -0.2) is 9.97 Å². The fourth-order valence-electron chi connectivity index (χ4n) is 0.976. The van der Waals surface area contributed by atoms with Crippen molar-refractivity contribution in [2.45, 2.75) is 0 Å². The molecule has 3 aromatic heterocycles. The zero-order chi connectivity index (χ0) is 10.5. The zero-order valence-corrected chi connectivity index (χ0v) is 7.79. The molecule has 0 unspecified atom stereocenters. The smallest absolute Gasteiger partial charge is 0.222 e. The van der Waals surface area contributed by atoms with Crippen LogP contribution in [0.1, 0.15) is 0 Å². The lowest BCUT2D eigenvalue weighted by atomic mass is 10.6. The second-order valence-corrected chi connectivity index (χ2v) is 2.66. The Bertz CT molecular complexity index is 499. The lowest BCUT2D eigenvalue weighted by Gasteiger charge is -1.87. The van der Waals surface area contributed by atoms with Gasteiger partial charge in [-0.2, -0.15) is 4.98 Å². The van der Waals surface area contributed by atoms with E-state index in [0.29, 0.717) is 5.65 Å². The second-order valence-electron chi connectivity index (χ2n) is 2.66.